The van der Waals surface area contributed by atoms with Gasteiger partial charge in [-0.3, -0.25) is 4.90 Å². The van der Waals surface area contributed by atoms with E-state index >= 15 is 0 Å². The van der Waals surface area contributed by atoms with Gasteiger partial charge in [-0.15, -0.1) is 24.0 Å². The van der Waals surface area contributed by atoms with E-state index in [1.54, 1.807) is 0 Å². The van der Waals surface area contributed by atoms with Crippen LogP contribution in [-0.4, -0.2) is 63.0 Å². The van der Waals surface area contributed by atoms with Crippen molar-refractivity contribution >= 4 is 29.9 Å². The zero-order valence-corrected chi connectivity index (χ0v) is 20.7. The number of ether oxygens (including phenoxy) is 2. The first kappa shape index (κ1) is 25.4. The number of halogens is 1. The number of hydrogen-bond acceptors (Lipinski definition) is 4. The number of guanidine groups is 1. The molecule has 2 N–H and O–H groups in total. The van der Waals surface area contributed by atoms with Crippen molar-refractivity contribution in [2.45, 2.75) is 58.2 Å². The van der Waals surface area contributed by atoms with E-state index in [1.807, 2.05) is 0 Å². The average molecular weight is 530 g/mol. The van der Waals surface area contributed by atoms with Gasteiger partial charge in [-0.1, -0.05) is 30.7 Å². The van der Waals surface area contributed by atoms with Gasteiger partial charge in [-0.2, -0.15) is 0 Å². The van der Waals surface area contributed by atoms with E-state index in [2.05, 4.69) is 46.7 Å². The van der Waals surface area contributed by atoms with Crippen LogP contribution in [0.25, 0.3) is 0 Å². The van der Waals surface area contributed by atoms with Gasteiger partial charge in [-0.05, 0) is 56.8 Å². The van der Waals surface area contributed by atoms with Gasteiger partial charge in [-0.25, -0.2) is 4.99 Å². The lowest BCUT2D eigenvalue weighted by molar-refractivity contribution is 0.0420. The van der Waals surface area contributed by atoms with E-state index in [1.165, 1.54) is 43.5 Å². The van der Waals surface area contributed by atoms with Gasteiger partial charge in [0.1, 0.15) is 0 Å². The molecule has 1 atom stereocenters. The number of benzene rings is 1. The van der Waals surface area contributed by atoms with Crippen molar-refractivity contribution in [1.29, 1.82) is 0 Å². The van der Waals surface area contributed by atoms with Crippen molar-refractivity contribution in [3.05, 3.63) is 35.4 Å². The Morgan fingerprint density at radius 3 is 2.60 bits per heavy atom. The van der Waals surface area contributed by atoms with E-state index in [0.717, 1.165) is 58.3 Å². The van der Waals surface area contributed by atoms with Gasteiger partial charge in [0.05, 0.1) is 19.3 Å². The second-order valence-corrected chi connectivity index (χ2v) is 7.99. The fourth-order valence-corrected chi connectivity index (χ4v) is 3.81. The third-order valence-corrected chi connectivity index (χ3v) is 5.50. The summed E-state index contributed by atoms with van der Waals surface area (Å²) < 4.78 is 11.1. The molecule has 0 radical (unpaired) electrons. The second-order valence-electron chi connectivity index (χ2n) is 7.99. The van der Waals surface area contributed by atoms with Crippen LogP contribution in [0.5, 0.6) is 0 Å². The molecule has 0 bridgehead atoms. The predicted octanol–water partition coefficient (Wildman–Crippen LogP) is 3.54. The van der Waals surface area contributed by atoms with Crippen molar-refractivity contribution in [3.63, 3.8) is 0 Å². The molecule has 0 aliphatic carbocycles. The Labute approximate surface area is 199 Å². The summed E-state index contributed by atoms with van der Waals surface area (Å²) in [5.41, 5.74) is 2.64. The molecule has 1 aromatic rings. The Morgan fingerprint density at radius 2 is 1.90 bits per heavy atom. The lowest BCUT2D eigenvalue weighted by atomic mass is 10.1. The van der Waals surface area contributed by atoms with Gasteiger partial charge < -0.3 is 20.1 Å². The summed E-state index contributed by atoms with van der Waals surface area (Å²) in [5, 5.41) is 6.72. The Hall–Kier alpha value is -0.900. The molecule has 0 aromatic heterocycles. The van der Waals surface area contributed by atoms with Crippen LogP contribution >= 0.6 is 24.0 Å². The van der Waals surface area contributed by atoms with Gasteiger partial charge >= 0.3 is 0 Å². The smallest absolute Gasteiger partial charge is 0.191 e. The summed E-state index contributed by atoms with van der Waals surface area (Å²) >= 11 is 0. The highest BCUT2D eigenvalue weighted by atomic mass is 127. The number of hydrogen-bond donors (Lipinski definition) is 2. The SMILES string of the molecule is CCNC(=NCc1ccc(CN2CCCCC2)cc1)NCCCOC1CCOC1.I. The number of aliphatic imine (C=N–C) groups is 1. The predicted molar refractivity (Wildman–Crippen MR) is 134 cm³/mol. The molecule has 0 saturated carbocycles. The lowest BCUT2D eigenvalue weighted by Crippen LogP contribution is -2.38. The number of rotatable bonds is 10. The van der Waals surface area contributed by atoms with Crippen LogP contribution in [0.15, 0.2) is 29.3 Å². The third kappa shape index (κ3) is 9.49. The molecule has 7 heteroatoms. The maximum atomic E-state index is 5.81. The molecule has 1 unspecified atom stereocenters. The Kier molecular flexibility index (Phi) is 12.7. The summed E-state index contributed by atoms with van der Waals surface area (Å²) in [5.74, 6) is 0.870. The first-order valence-corrected chi connectivity index (χ1v) is 11.3. The first-order chi connectivity index (χ1) is 14.3. The molecule has 2 heterocycles. The molecule has 2 fully saturated rings. The Morgan fingerprint density at radius 1 is 1.13 bits per heavy atom. The largest absolute Gasteiger partial charge is 0.379 e. The van der Waals surface area contributed by atoms with Gasteiger partial charge in [0.25, 0.3) is 0 Å². The number of nitrogens with one attached hydrogen (secondary N) is 2. The number of likely N-dealkylation sites (tertiary alicyclic amines) is 1. The zero-order chi connectivity index (χ0) is 20.2. The van der Waals surface area contributed by atoms with Crippen LogP contribution in [0.2, 0.25) is 0 Å². The fourth-order valence-electron chi connectivity index (χ4n) is 3.81. The minimum absolute atomic E-state index is 0. The molecule has 2 aliphatic heterocycles. The van der Waals surface area contributed by atoms with Crippen molar-refractivity contribution in [2.75, 3.05) is 46.0 Å². The highest BCUT2D eigenvalue weighted by Gasteiger charge is 2.15. The molecule has 1 aromatic carbocycles. The van der Waals surface area contributed by atoms with E-state index in [-0.39, 0.29) is 30.1 Å². The van der Waals surface area contributed by atoms with Crippen LogP contribution in [0.4, 0.5) is 0 Å². The highest BCUT2D eigenvalue weighted by Crippen LogP contribution is 2.14. The van der Waals surface area contributed by atoms with Gasteiger partial charge in [0, 0.05) is 32.8 Å². The first-order valence-electron chi connectivity index (χ1n) is 11.3. The molecule has 2 aliphatic rings. The van der Waals surface area contributed by atoms with Crippen LogP contribution in [0.1, 0.15) is 50.2 Å². The number of piperidine rings is 1. The second kappa shape index (κ2) is 15.0. The maximum absolute atomic E-state index is 5.81. The van der Waals surface area contributed by atoms with E-state index in [4.69, 9.17) is 14.5 Å². The molecule has 170 valence electrons. The molecule has 30 heavy (non-hydrogen) atoms. The normalized spacial score (nSPS) is 20.0. The summed E-state index contributed by atoms with van der Waals surface area (Å²) in [4.78, 5) is 7.29. The summed E-state index contributed by atoms with van der Waals surface area (Å²) in [7, 11) is 0. The minimum Gasteiger partial charge on any atom is -0.379 e. The van der Waals surface area contributed by atoms with Crippen molar-refractivity contribution in [1.82, 2.24) is 15.5 Å². The standard InChI is InChI=1S/C23H38N4O2.HI/c1-2-24-23(25-12-6-15-29-22-11-16-28-19-22)26-17-20-7-9-21(10-8-20)18-27-13-4-3-5-14-27;/h7-10,22H,2-6,11-19H2,1H3,(H2,24,25,26);1H. The molecular weight excluding hydrogens is 491 g/mol. The summed E-state index contributed by atoms with van der Waals surface area (Å²) in [6.45, 7) is 10.4. The fraction of sp³-hybridized carbons (Fsp3) is 0.696. The molecular formula is C23H39IN4O2. The minimum atomic E-state index is 0. The summed E-state index contributed by atoms with van der Waals surface area (Å²) in [6, 6.07) is 8.93. The zero-order valence-electron chi connectivity index (χ0n) is 18.4. The van der Waals surface area contributed by atoms with E-state index in [9.17, 15) is 0 Å². The Bertz CT molecular complexity index is 600. The van der Waals surface area contributed by atoms with Gasteiger partial charge in [0.15, 0.2) is 5.96 Å². The van der Waals surface area contributed by atoms with Crippen molar-refractivity contribution in [3.8, 4) is 0 Å². The third-order valence-electron chi connectivity index (χ3n) is 5.50. The quantitative estimate of drug-likeness (QED) is 0.210. The molecule has 2 saturated heterocycles. The van der Waals surface area contributed by atoms with E-state index < -0.39 is 0 Å². The van der Waals surface area contributed by atoms with Crippen molar-refractivity contribution < 1.29 is 9.47 Å². The highest BCUT2D eigenvalue weighted by molar-refractivity contribution is 14.0. The molecule has 0 amide bonds. The average Bonchev–Trinajstić information content (AvgIpc) is 3.27. The van der Waals surface area contributed by atoms with Crippen LogP contribution in [0.3, 0.4) is 0 Å². The van der Waals surface area contributed by atoms with E-state index in [0.29, 0.717) is 6.54 Å². The topological polar surface area (TPSA) is 58.1 Å². The molecule has 6 nitrogen and oxygen atoms in total. The monoisotopic (exact) mass is 530 g/mol. The summed E-state index contributed by atoms with van der Waals surface area (Å²) in [6.07, 6.45) is 6.34. The molecule has 0 spiro atoms. The van der Waals surface area contributed by atoms with Crippen LogP contribution in [-0.2, 0) is 22.6 Å². The number of nitrogens with zero attached hydrogens (tertiary/aromatic N) is 2. The Balaban J connectivity index is 0.00000320. The van der Waals surface area contributed by atoms with Gasteiger partial charge in [0.2, 0.25) is 0 Å². The van der Waals surface area contributed by atoms with Crippen LogP contribution < -0.4 is 10.6 Å². The van der Waals surface area contributed by atoms with Crippen LogP contribution in [0, 0.1) is 0 Å². The maximum Gasteiger partial charge on any atom is 0.191 e. The molecule has 3 rings (SSSR count). The van der Waals surface area contributed by atoms with Crippen molar-refractivity contribution in [2.24, 2.45) is 4.99 Å². The lowest BCUT2D eigenvalue weighted by Gasteiger charge is -2.26.